The highest BCUT2D eigenvalue weighted by Crippen LogP contribution is 2.28. The predicted octanol–water partition coefficient (Wildman–Crippen LogP) is 1.60. The average Bonchev–Trinajstić information content (AvgIpc) is 2.94. The van der Waals surface area contributed by atoms with Crippen LogP contribution in [0.25, 0.3) is 0 Å². The summed E-state index contributed by atoms with van der Waals surface area (Å²) in [7, 11) is 5.32. The molecule has 116 valence electrons. The van der Waals surface area contributed by atoms with Gasteiger partial charge in [-0.25, -0.2) is 0 Å². The van der Waals surface area contributed by atoms with Crippen LogP contribution >= 0.6 is 0 Å². The summed E-state index contributed by atoms with van der Waals surface area (Å²) in [6, 6.07) is 0. The number of aliphatic imine (C=N–C) groups is 1. The van der Waals surface area contributed by atoms with Gasteiger partial charge in [-0.15, -0.1) is 0 Å². The third-order valence-electron chi connectivity index (χ3n) is 3.91. The molecule has 0 aromatic carbocycles. The van der Waals surface area contributed by atoms with Crippen LogP contribution in [0.3, 0.4) is 0 Å². The lowest BCUT2D eigenvalue weighted by atomic mass is 10.0. The first-order valence-corrected chi connectivity index (χ1v) is 7.78. The van der Waals surface area contributed by atoms with E-state index in [1.165, 1.54) is 38.5 Å². The van der Waals surface area contributed by atoms with Crippen molar-refractivity contribution in [3.63, 3.8) is 0 Å². The molecule has 0 aromatic rings. The predicted molar refractivity (Wildman–Crippen MR) is 83.9 cm³/mol. The highest BCUT2D eigenvalue weighted by molar-refractivity contribution is 5.81. The van der Waals surface area contributed by atoms with E-state index in [2.05, 4.69) is 15.6 Å². The second-order valence-corrected chi connectivity index (χ2v) is 5.76. The van der Waals surface area contributed by atoms with Crippen LogP contribution in [0.1, 0.15) is 44.9 Å². The van der Waals surface area contributed by atoms with Crippen molar-refractivity contribution in [3.8, 4) is 0 Å². The molecule has 0 bridgehead atoms. The maximum Gasteiger partial charge on any atom is 0.223 e. The normalized spacial score (nSPS) is 16.2. The summed E-state index contributed by atoms with van der Waals surface area (Å²) >= 11 is 0. The highest BCUT2D eigenvalue weighted by Gasteiger charge is 2.14. The minimum atomic E-state index is 0.134. The summed E-state index contributed by atoms with van der Waals surface area (Å²) in [4.78, 5) is 17.2. The fourth-order valence-corrected chi connectivity index (χ4v) is 2.63. The first kappa shape index (κ1) is 16.8. The molecular weight excluding hydrogens is 252 g/mol. The molecule has 1 aliphatic rings. The molecule has 2 N–H and O–H groups in total. The molecule has 0 unspecified atom stereocenters. The van der Waals surface area contributed by atoms with E-state index in [0.29, 0.717) is 13.0 Å². The lowest BCUT2D eigenvalue weighted by Crippen LogP contribution is -2.39. The van der Waals surface area contributed by atoms with Crippen molar-refractivity contribution in [1.82, 2.24) is 15.5 Å². The molecule has 5 heteroatoms. The smallest absolute Gasteiger partial charge is 0.223 e. The maximum absolute atomic E-state index is 11.4. The molecule has 1 amide bonds. The van der Waals surface area contributed by atoms with Crippen LogP contribution in [-0.4, -0.2) is 51.0 Å². The number of carbonyl (C=O) groups is 1. The summed E-state index contributed by atoms with van der Waals surface area (Å²) < 4.78 is 0. The lowest BCUT2D eigenvalue weighted by molar-refractivity contribution is -0.128. The molecule has 0 radical (unpaired) electrons. The first-order chi connectivity index (χ1) is 9.63. The van der Waals surface area contributed by atoms with Gasteiger partial charge in [0.1, 0.15) is 0 Å². The van der Waals surface area contributed by atoms with Gasteiger partial charge < -0.3 is 15.5 Å². The first-order valence-electron chi connectivity index (χ1n) is 7.78. The van der Waals surface area contributed by atoms with E-state index in [0.717, 1.165) is 18.4 Å². The van der Waals surface area contributed by atoms with Gasteiger partial charge in [-0.05, 0) is 18.8 Å². The Morgan fingerprint density at radius 3 is 2.45 bits per heavy atom. The van der Waals surface area contributed by atoms with E-state index in [4.69, 9.17) is 0 Å². The highest BCUT2D eigenvalue weighted by atomic mass is 16.2. The summed E-state index contributed by atoms with van der Waals surface area (Å²) in [5.74, 6) is 1.88. The summed E-state index contributed by atoms with van der Waals surface area (Å²) in [5, 5.41) is 6.49. The van der Waals surface area contributed by atoms with Crippen molar-refractivity contribution in [3.05, 3.63) is 0 Å². The van der Waals surface area contributed by atoms with Crippen LogP contribution in [0.2, 0.25) is 0 Å². The molecule has 0 aromatic heterocycles. The largest absolute Gasteiger partial charge is 0.356 e. The van der Waals surface area contributed by atoms with Crippen LogP contribution in [0, 0.1) is 5.92 Å². The minimum Gasteiger partial charge on any atom is -0.356 e. The molecule has 1 fully saturated rings. The molecular formula is C15H30N4O. The van der Waals surface area contributed by atoms with Crippen LogP contribution in [0.4, 0.5) is 0 Å². The zero-order chi connectivity index (χ0) is 14.8. The molecule has 5 nitrogen and oxygen atoms in total. The Morgan fingerprint density at radius 2 is 1.85 bits per heavy atom. The lowest BCUT2D eigenvalue weighted by Gasteiger charge is -2.14. The Hall–Kier alpha value is -1.26. The van der Waals surface area contributed by atoms with Crippen LogP contribution in [0.5, 0.6) is 0 Å². The summed E-state index contributed by atoms with van der Waals surface area (Å²) in [6.45, 7) is 1.58. The standard InChI is InChI=1S/C15H30N4O/c1-16-15(18-12-10-14(20)19(2)3)17-11-6-9-13-7-4-5-8-13/h13H,4-12H2,1-3H3,(H2,16,17,18). The Labute approximate surface area is 123 Å². The second kappa shape index (κ2) is 9.61. The van der Waals surface area contributed by atoms with Gasteiger partial charge in [-0.1, -0.05) is 25.7 Å². The van der Waals surface area contributed by atoms with Gasteiger partial charge in [-0.2, -0.15) is 0 Å². The quantitative estimate of drug-likeness (QED) is 0.424. The summed E-state index contributed by atoms with van der Waals surface area (Å²) in [6.07, 6.45) is 8.68. The maximum atomic E-state index is 11.4. The van der Waals surface area contributed by atoms with Crippen molar-refractivity contribution < 1.29 is 4.79 Å². The van der Waals surface area contributed by atoms with Crippen LogP contribution < -0.4 is 10.6 Å². The van der Waals surface area contributed by atoms with Gasteiger partial charge >= 0.3 is 0 Å². The summed E-state index contributed by atoms with van der Waals surface area (Å²) in [5.41, 5.74) is 0. The van der Waals surface area contributed by atoms with E-state index in [-0.39, 0.29) is 5.91 Å². The van der Waals surface area contributed by atoms with E-state index >= 15 is 0 Å². The van der Waals surface area contributed by atoms with Crippen molar-refractivity contribution in [2.75, 3.05) is 34.2 Å². The van der Waals surface area contributed by atoms with Crippen molar-refractivity contribution >= 4 is 11.9 Å². The van der Waals surface area contributed by atoms with E-state index in [9.17, 15) is 4.79 Å². The third kappa shape index (κ3) is 6.78. The second-order valence-electron chi connectivity index (χ2n) is 5.76. The molecule has 20 heavy (non-hydrogen) atoms. The molecule has 0 saturated heterocycles. The molecule has 0 aliphatic heterocycles. The molecule has 0 atom stereocenters. The number of amides is 1. The average molecular weight is 282 g/mol. The Morgan fingerprint density at radius 1 is 1.20 bits per heavy atom. The topological polar surface area (TPSA) is 56.7 Å². The fourth-order valence-electron chi connectivity index (χ4n) is 2.63. The van der Waals surface area contributed by atoms with Crippen molar-refractivity contribution in [1.29, 1.82) is 0 Å². The molecule has 0 spiro atoms. The number of hydrogen-bond donors (Lipinski definition) is 2. The third-order valence-corrected chi connectivity index (χ3v) is 3.91. The zero-order valence-corrected chi connectivity index (χ0v) is 13.2. The fraction of sp³-hybridized carbons (Fsp3) is 0.867. The Bertz CT molecular complexity index is 309. The SMILES string of the molecule is CN=C(NCCCC1CCCC1)NCCC(=O)N(C)C. The van der Waals surface area contributed by atoms with Crippen molar-refractivity contribution in [2.24, 2.45) is 10.9 Å². The Kier molecular flexibility index (Phi) is 8.07. The van der Waals surface area contributed by atoms with Crippen LogP contribution in [-0.2, 0) is 4.79 Å². The van der Waals surface area contributed by atoms with E-state index in [1.807, 2.05) is 0 Å². The van der Waals surface area contributed by atoms with Crippen molar-refractivity contribution in [2.45, 2.75) is 44.9 Å². The van der Waals surface area contributed by atoms with Gasteiger partial charge in [0, 0.05) is 40.7 Å². The number of carbonyl (C=O) groups excluding carboxylic acids is 1. The minimum absolute atomic E-state index is 0.134. The number of rotatable bonds is 7. The van der Waals surface area contributed by atoms with Gasteiger partial charge in [-0.3, -0.25) is 9.79 Å². The van der Waals surface area contributed by atoms with Gasteiger partial charge in [0.15, 0.2) is 5.96 Å². The number of hydrogen-bond acceptors (Lipinski definition) is 2. The number of guanidine groups is 1. The number of nitrogens with zero attached hydrogens (tertiary/aromatic N) is 2. The molecule has 0 heterocycles. The van der Waals surface area contributed by atoms with Gasteiger partial charge in [0.2, 0.25) is 5.91 Å². The zero-order valence-electron chi connectivity index (χ0n) is 13.2. The monoisotopic (exact) mass is 282 g/mol. The Balaban J connectivity index is 2.05. The molecule has 1 saturated carbocycles. The molecule has 1 aliphatic carbocycles. The molecule has 1 rings (SSSR count). The van der Waals surface area contributed by atoms with E-state index < -0.39 is 0 Å². The van der Waals surface area contributed by atoms with E-state index in [1.54, 1.807) is 26.0 Å². The van der Waals surface area contributed by atoms with Gasteiger partial charge in [0.25, 0.3) is 0 Å². The van der Waals surface area contributed by atoms with Gasteiger partial charge in [0.05, 0.1) is 0 Å². The van der Waals surface area contributed by atoms with Crippen LogP contribution in [0.15, 0.2) is 4.99 Å². The number of nitrogens with one attached hydrogen (secondary N) is 2.